The second-order valence-corrected chi connectivity index (χ2v) is 8.22. The van der Waals surface area contributed by atoms with Gasteiger partial charge < -0.3 is 15.1 Å². The topological polar surface area (TPSA) is 87.5 Å². The Morgan fingerprint density at radius 2 is 1.74 bits per heavy atom. The molecule has 3 heterocycles. The zero-order chi connectivity index (χ0) is 21.8. The number of carbonyl (C=O) groups excluding carboxylic acids is 3. The second kappa shape index (κ2) is 9.32. The van der Waals surface area contributed by atoms with E-state index in [1.807, 2.05) is 42.3 Å². The highest BCUT2D eigenvalue weighted by atomic mass is 16.2. The molecule has 2 aliphatic rings. The standard InChI is InChI=1S/C23H29N5O3/c1-26-19-11-14-28(16-18(19)22(25-26)23(31)27-12-5-6-13-27)21(30)10-9-20(29)24-15-17-7-3-2-4-8-17/h2-4,7-8H,5-6,9-16H2,1H3,(H,24,29). The molecule has 3 amide bonds. The van der Waals surface area contributed by atoms with Gasteiger partial charge in [0, 0.05) is 70.3 Å². The van der Waals surface area contributed by atoms with Crippen molar-refractivity contribution >= 4 is 17.7 Å². The van der Waals surface area contributed by atoms with Crippen molar-refractivity contribution in [1.29, 1.82) is 0 Å². The van der Waals surface area contributed by atoms with E-state index in [-0.39, 0.29) is 30.6 Å². The van der Waals surface area contributed by atoms with E-state index in [1.54, 1.807) is 9.58 Å². The number of nitrogens with one attached hydrogen (secondary N) is 1. The molecule has 0 spiro atoms. The van der Waals surface area contributed by atoms with Crippen molar-refractivity contribution in [3.05, 3.63) is 52.8 Å². The molecule has 0 atom stereocenters. The summed E-state index contributed by atoms with van der Waals surface area (Å²) in [6.45, 7) is 2.95. The summed E-state index contributed by atoms with van der Waals surface area (Å²) in [6.07, 6.45) is 3.03. The third-order valence-electron chi connectivity index (χ3n) is 6.09. The van der Waals surface area contributed by atoms with Crippen LogP contribution in [0.4, 0.5) is 0 Å². The van der Waals surface area contributed by atoms with Gasteiger partial charge in [0.25, 0.3) is 5.91 Å². The second-order valence-electron chi connectivity index (χ2n) is 8.22. The number of nitrogens with zero attached hydrogens (tertiary/aromatic N) is 4. The van der Waals surface area contributed by atoms with Crippen molar-refractivity contribution < 1.29 is 14.4 Å². The Kier molecular flexibility index (Phi) is 6.34. The molecule has 8 nitrogen and oxygen atoms in total. The minimum atomic E-state index is -0.138. The summed E-state index contributed by atoms with van der Waals surface area (Å²) >= 11 is 0. The number of likely N-dealkylation sites (tertiary alicyclic amines) is 1. The number of aryl methyl sites for hydroxylation is 1. The maximum atomic E-state index is 12.9. The maximum absolute atomic E-state index is 12.9. The zero-order valence-electron chi connectivity index (χ0n) is 18.0. The average molecular weight is 424 g/mol. The number of amides is 3. The van der Waals surface area contributed by atoms with E-state index in [2.05, 4.69) is 10.4 Å². The molecule has 0 unspecified atom stereocenters. The predicted octanol–water partition coefficient (Wildman–Crippen LogP) is 1.64. The van der Waals surface area contributed by atoms with Gasteiger partial charge >= 0.3 is 0 Å². The number of fused-ring (bicyclic) bond motifs is 1. The summed E-state index contributed by atoms with van der Waals surface area (Å²) in [5.74, 6) is -0.242. The lowest BCUT2D eigenvalue weighted by Gasteiger charge is -2.28. The monoisotopic (exact) mass is 423 g/mol. The first kappa shape index (κ1) is 21.1. The van der Waals surface area contributed by atoms with Crippen LogP contribution in [0.3, 0.4) is 0 Å². The van der Waals surface area contributed by atoms with Crippen LogP contribution in [0, 0.1) is 0 Å². The van der Waals surface area contributed by atoms with E-state index in [9.17, 15) is 14.4 Å². The molecule has 0 saturated carbocycles. The summed E-state index contributed by atoms with van der Waals surface area (Å²) in [6, 6.07) is 9.69. The number of carbonyl (C=O) groups is 3. The summed E-state index contributed by atoms with van der Waals surface area (Å²) < 4.78 is 1.78. The minimum Gasteiger partial charge on any atom is -0.352 e. The first-order valence-electron chi connectivity index (χ1n) is 11.0. The third kappa shape index (κ3) is 4.78. The Hall–Kier alpha value is -3.16. The van der Waals surface area contributed by atoms with Crippen molar-refractivity contribution in [3.63, 3.8) is 0 Å². The largest absolute Gasteiger partial charge is 0.352 e. The molecule has 2 aromatic rings. The lowest BCUT2D eigenvalue weighted by molar-refractivity contribution is -0.134. The van der Waals surface area contributed by atoms with E-state index >= 15 is 0 Å². The van der Waals surface area contributed by atoms with Gasteiger partial charge in [-0.15, -0.1) is 0 Å². The Morgan fingerprint density at radius 3 is 2.48 bits per heavy atom. The Bertz CT molecular complexity index is 963. The molecule has 0 radical (unpaired) electrons. The van der Waals surface area contributed by atoms with E-state index in [0.29, 0.717) is 31.7 Å². The van der Waals surface area contributed by atoms with Gasteiger partial charge in [0.05, 0.1) is 0 Å². The predicted molar refractivity (Wildman–Crippen MR) is 115 cm³/mol. The molecule has 4 rings (SSSR count). The quantitative estimate of drug-likeness (QED) is 0.765. The van der Waals surface area contributed by atoms with Crippen LogP contribution in [-0.4, -0.2) is 56.9 Å². The molecule has 0 aliphatic carbocycles. The molecule has 1 fully saturated rings. The summed E-state index contributed by atoms with van der Waals surface area (Å²) in [7, 11) is 1.86. The lowest BCUT2D eigenvalue weighted by atomic mass is 10.0. The highest BCUT2D eigenvalue weighted by Gasteiger charge is 2.31. The van der Waals surface area contributed by atoms with Gasteiger partial charge in [-0.1, -0.05) is 30.3 Å². The SMILES string of the molecule is Cn1nc(C(=O)N2CCCC2)c2c1CCN(C(=O)CCC(=O)NCc1ccccc1)C2. The lowest BCUT2D eigenvalue weighted by Crippen LogP contribution is -2.38. The van der Waals surface area contributed by atoms with Gasteiger partial charge in [-0.25, -0.2) is 0 Å². The van der Waals surface area contributed by atoms with Gasteiger partial charge in [-0.2, -0.15) is 5.10 Å². The minimum absolute atomic E-state index is 0.0380. The molecule has 2 aliphatic heterocycles. The summed E-state index contributed by atoms with van der Waals surface area (Å²) in [4.78, 5) is 41.4. The van der Waals surface area contributed by atoms with Crippen LogP contribution in [0.5, 0.6) is 0 Å². The molecule has 31 heavy (non-hydrogen) atoms. The fourth-order valence-electron chi connectivity index (χ4n) is 4.31. The van der Waals surface area contributed by atoms with Crippen molar-refractivity contribution in [2.24, 2.45) is 7.05 Å². The smallest absolute Gasteiger partial charge is 0.274 e. The zero-order valence-corrected chi connectivity index (χ0v) is 18.0. The van der Waals surface area contributed by atoms with Crippen LogP contribution < -0.4 is 5.32 Å². The fourth-order valence-corrected chi connectivity index (χ4v) is 4.31. The number of benzene rings is 1. The third-order valence-corrected chi connectivity index (χ3v) is 6.09. The highest BCUT2D eigenvalue weighted by Crippen LogP contribution is 2.25. The molecule has 164 valence electrons. The van der Waals surface area contributed by atoms with Crippen molar-refractivity contribution in [2.45, 2.75) is 45.2 Å². The Morgan fingerprint density at radius 1 is 1.00 bits per heavy atom. The number of hydrogen-bond donors (Lipinski definition) is 1. The van der Waals surface area contributed by atoms with Crippen LogP contribution in [-0.2, 0) is 36.1 Å². The van der Waals surface area contributed by atoms with Crippen LogP contribution in [0.2, 0.25) is 0 Å². The Balaban J connectivity index is 1.33. The first-order valence-corrected chi connectivity index (χ1v) is 11.0. The molecule has 0 bridgehead atoms. The molecule has 1 N–H and O–H groups in total. The van der Waals surface area contributed by atoms with Crippen LogP contribution >= 0.6 is 0 Å². The molecule has 8 heteroatoms. The van der Waals surface area contributed by atoms with Gasteiger partial charge in [0.2, 0.25) is 11.8 Å². The van der Waals surface area contributed by atoms with Gasteiger partial charge in [0.1, 0.15) is 0 Å². The average Bonchev–Trinajstić information content (AvgIpc) is 3.44. The molecular weight excluding hydrogens is 394 g/mol. The van der Waals surface area contributed by atoms with Crippen LogP contribution in [0.15, 0.2) is 30.3 Å². The molecule has 1 aromatic carbocycles. The highest BCUT2D eigenvalue weighted by molar-refractivity contribution is 5.94. The van der Waals surface area contributed by atoms with Gasteiger partial charge in [-0.05, 0) is 18.4 Å². The number of hydrogen-bond acceptors (Lipinski definition) is 4. The molecular formula is C23H29N5O3. The van der Waals surface area contributed by atoms with Crippen LogP contribution in [0.1, 0.15) is 53.0 Å². The van der Waals surface area contributed by atoms with Crippen molar-refractivity contribution in [2.75, 3.05) is 19.6 Å². The maximum Gasteiger partial charge on any atom is 0.274 e. The van der Waals surface area contributed by atoms with E-state index in [0.717, 1.165) is 42.8 Å². The Labute approximate surface area is 182 Å². The fraction of sp³-hybridized carbons (Fsp3) is 0.478. The van der Waals surface area contributed by atoms with Crippen LogP contribution in [0.25, 0.3) is 0 Å². The summed E-state index contributed by atoms with van der Waals surface area (Å²) in [5, 5.41) is 7.34. The van der Waals surface area contributed by atoms with Gasteiger partial charge in [0.15, 0.2) is 5.69 Å². The summed E-state index contributed by atoms with van der Waals surface area (Å²) in [5.41, 5.74) is 3.37. The number of rotatable bonds is 6. The van der Waals surface area contributed by atoms with Crippen molar-refractivity contribution in [1.82, 2.24) is 24.9 Å². The van der Waals surface area contributed by atoms with Crippen molar-refractivity contribution in [3.8, 4) is 0 Å². The van der Waals surface area contributed by atoms with E-state index in [1.165, 1.54) is 0 Å². The normalized spacial score (nSPS) is 15.6. The van der Waals surface area contributed by atoms with E-state index < -0.39 is 0 Å². The molecule has 1 aromatic heterocycles. The molecule has 1 saturated heterocycles. The van der Waals surface area contributed by atoms with Gasteiger partial charge in [-0.3, -0.25) is 19.1 Å². The first-order chi connectivity index (χ1) is 15.0. The number of aromatic nitrogens is 2. The van der Waals surface area contributed by atoms with E-state index in [4.69, 9.17) is 0 Å².